The fourth-order valence-electron chi connectivity index (χ4n) is 5.16. The summed E-state index contributed by atoms with van der Waals surface area (Å²) in [6.07, 6.45) is 0.638. The lowest BCUT2D eigenvalue weighted by molar-refractivity contribution is -0.143. The van der Waals surface area contributed by atoms with Crippen LogP contribution in [0, 0.1) is 0 Å². The number of nitrogens with one attached hydrogen (secondary N) is 1. The van der Waals surface area contributed by atoms with Gasteiger partial charge in [-0.3, -0.25) is 9.59 Å². The molecule has 0 bridgehead atoms. The van der Waals surface area contributed by atoms with E-state index in [9.17, 15) is 18.0 Å². The molecule has 0 aliphatic carbocycles. The van der Waals surface area contributed by atoms with Gasteiger partial charge in [0.15, 0.2) is 6.61 Å². The lowest BCUT2D eigenvalue weighted by atomic mass is 10.0. The third-order valence-corrected chi connectivity index (χ3v) is 9.78. The Morgan fingerprint density at radius 2 is 1.48 bits per heavy atom. The van der Waals surface area contributed by atoms with Crippen LogP contribution in [0.5, 0.6) is 5.75 Å². The molecule has 1 atom stereocenters. The van der Waals surface area contributed by atoms with Crippen LogP contribution in [-0.4, -0.2) is 68.9 Å². The molecule has 240 valence electrons. The molecule has 0 saturated carbocycles. The van der Waals surface area contributed by atoms with Crippen LogP contribution in [0.1, 0.15) is 22.7 Å². The average Bonchev–Trinajstić information content (AvgIpc) is 3.09. The molecule has 9 nitrogen and oxygen atoms in total. The highest BCUT2D eigenvalue weighted by Crippen LogP contribution is 2.26. The van der Waals surface area contributed by atoms with Crippen molar-refractivity contribution in [3.63, 3.8) is 0 Å². The van der Waals surface area contributed by atoms with Gasteiger partial charge in [-0.1, -0.05) is 84.4 Å². The van der Waals surface area contributed by atoms with Crippen molar-refractivity contribution in [1.82, 2.24) is 14.5 Å². The highest BCUT2D eigenvalue weighted by molar-refractivity contribution is 7.89. The minimum Gasteiger partial charge on any atom is -0.484 e. The summed E-state index contributed by atoms with van der Waals surface area (Å²) < 4.78 is 38.5. The van der Waals surface area contributed by atoms with Gasteiger partial charge in [-0.05, 0) is 59.5 Å². The molecule has 1 heterocycles. The van der Waals surface area contributed by atoms with Crippen molar-refractivity contribution in [2.75, 3.05) is 39.5 Å². The maximum atomic E-state index is 13.9. The van der Waals surface area contributed by atoms with Gasteiger partial charge in [-0.15, -0.1) is 0 Å². The Balaban J connectivity index is 1.34. The van der Waals surface area contributed by atoms with Gasteiger partial charge in [-0.2, -0.15) is 4.31 Å². The molecular weight excluding hydrogens is 626 g/mol. The first-order valence-corrected chi connectivity index (χ1v) is 16.8. The number of carbonyl (C=O) groups is 2. The standard InChI is InChI=1S/C35H36ClN3O6S/c36-30-13-11-28(12-14-30)25-39(34(29-9-5-2-6-10-29)35(41)37-20-19-27-7-3-1-4-8-27)33(40)26-45-31-15-17-32(18-16-31)46(42,43)38-21-23-44-24-22-38/h1-18,34H,19-26H2,(H,37,41)/t34-/m1/s1. The maximum Gasteiger partial charge on any atom is 0.261 e. The fraction of sp³-hybridized carbons (Fsp3) is 0.257. The van der Waals surface area contributed by atoms with Gasteiger partial charge < -0.3 is 19.7 Å². The molecule has 4 aromatic rings. The van der Waals surface area contributed by atoms with Crippen molar-refractivity contribution in [2.45, 2.75) is 23.9 Å². The van der Waals surface area contributed by atoms with Crippen LogP contribution in [0.3, 0.4) is 0 Å². The summed E-state index contributed by atoms with van der Waals surface area (Å²) in [5.74, 6) is -0.418. The maximum absolute atomic E-state index is 13.9. The summed E-state index contributed by atoms with van der Waals surface area (Å²) in [5.41, 5.74) is 2.53. The Morgan fingerprint density at radius 3 is 2.13 bits per heavy atom. The van der Waals surface area contributed by atoms with Gasteiger partial charge in [0.05, 0.1) is 18.1 Å². The number of benzene rings is 4. The zero-order valence-corrected chi connectivity index (χ0v) is 26.8. The van der Waals surface area contributed by atoms with Crippen molar-refractivity contribution in [2.24, 2.45) is 0 Å². The van der Waals surface area contributed by atoms with Crippen LogP contribution >= 0.6 is 11.6 Å². The number of amides is 2. The first-order chi connectivity index (χ1) is 22.3. The van der Waals surface area contributed by atoms with E-state index in [4.69, 9.17) is 21.1 Å². The predicted molar refractivity (Wildman–Crippen MR) is 176 cm³/mol. The van der Waals surface area contributed by atoms with E-state index in [1.54, 1.807) is 12.1 Å². The number of halogens is 1. The van der Waals surface area contributed by atoms with Crippen molar-refractivity contribution in [3.05, 3.63) is 131 Å². The Bertz CT molecular complexity index is 1680. The average molecular weight is 662 g/mol. The molecule has 0 spiro atoms. The number of carbonyl (C=O) groups excluding carboxylic acids is 2. The quantitative estimate of drug-likeness (QED) is 0.219. The number of hydrogen-bond acceptors (Lipinski definition) is 6. The SMILES string of the molecule is O=C(NCCc1ccccc1)[C@@H](c1ccccc1)N(Cc1ccc(Cl)cc1)C(=O)COc1ccc(S(=O)(=O)N2CCOCC2)cc1. The van der Waals surface area contributed by atoms with E-state index in [0.717, 1.165) is 11.1 Å². The van der Waals surface area contributed by atoms with E-state index in [1.807, 2.05) is 72.8 Å². The van der Waals surface area contributed by atoms with Crippen molar-refractivity contribution >= 4 is 33.4 Å². The molecule has 46 heavy (non-hydrogen) atoms. The molecule has 0 unspecified atom stereocenters. The molecule has 0 aromatic heterocycles. The minimum absolute atomic E-state index is 0.127. The second-order valence-corrected chi connectivity index (χ2v) is 13.1. The molecular formula is C35H36ClN3O6S. The number of rotatable bonds is 13. The molecule has 4 aromatic carbocycles. The summed E-state index contributed by atoms with van der Waals surface area (Å²) >= 11 is 6.12. The third kappa shape index (κ3) is 8.73. The largest absolute Gasteiger partial charge is 0.484 e. The monoisotopic (exact) mass is 661 g/mol. The van der Waals surface area contributed by atoms with Crippen molar-refractivity contribution < 1.29 is 27.5 Å². The lowest BCUT2D eigenvalue weighted by Crippen LogP contribution is -2.45. The fourth-order valence-corrected chi connectivity index (χ4v) is 6.70. The number of sulfonamides is 1. The van der Waals surface area contributed by atoms with Gasteiger partial charge in [0, 0.05) is 31.2 Å². The van der Waals surface area contributed by atoms with Gasteiger partial charge in [0.25, 0.3) is 5.91 Å². The summed E-state index contributed by atoms with van der Waals surface area (Å²) in [6.45, 7) is 1.44. The Labute approximate surface area is 274 Å². The van der Waals surface area contributed by atoms with E-state index >= 15 is 0 Å². The smallest absolute Gasteiger partial charge is 0.261 e. The van der Waals surface area contributed by atoms with Crippen molar-refractivity contribution in [3.8, 4) is 5.75 Å². The Hall–Kier alpha value is -4.22. The third-order valence-electron chi connectivity index (χ3n) is 7.61. The zero-order valence-electron chi connectivity index (χ0n) is 25.3. The van der Waals surface area contributed by atoms with E-state index in [2.05, 4.69) is 5.32 Å². The van der Waals surface area contributed by atoms with E-state index < -0.39 is 22.0 Å². The molecule has 1 fully saturated rings. The van der Waals surface area contributed by atoms with Gasteiger partial charge in [0.2, 0.25) is 15.9 Å². The molecule has 1 N–H and O–H groups in total. The number of hydrogen-bond donors (Lipinski definition) is 1. The second-order valence-electron chi connectivity index (χ2n) is 10.8. The molecule has 0 radical (unpaired) electrons. The van der Waals surface area contributed by atoms with E-state index in [1.165, 1.54) is 33.5 Å². The number of ether oxygens (including phenoxy) is 2. The number of morpholine rings is 1. The van der Waals surface area contributed by atoms with Crippen LogP contribution in [0.25, 0.3) is 0 Å². The first-order valence-electron chi connectivity index (χ1n) is 15.0. The Morgan fingerprint density at radius 1 is 0.848 bits per heavy atom. The van der Waals surface area contributed by atoms with E-state index in [-0.39, 0.29) is 24.0 Å². The van der Waals surface area contributed by atoms with Crippen LogP contribution in [0.15, 0.2) is 114 Å². The molecule has 1 aliphatic rings. The Kier molecular flexibility index (Phi) is 11.4. The summed E-state index contributed by atoms with van der Waals surface area (Å²) in [7, 11) is -3.67. The summed E-state index contributed by atoms with van der Waals surface area (Å²) in [5, 5.41) is 3.58. The highest BCUT2D eigenvalue weighted by atomic mass is 35.5. The summed E-state index contributed by atoms with van der Waals surface area (Å²) in [4.78, 5) is 29.4. The van der Waals surface area contributed by atoms with Gasteiger partial charge in [-0.25, -0.2) is 8.42 Å². The molecule has 1 saturated heterocycles. The number of nitrogens with zero attached hydrogens (tertiary/aromatic N) is 2. The van der Waals surface area contributed by atoms with Gasteiger partial charge >= 0.3 is 0 Å². The van der Waals surface area contributed by atoms with Crippen LogP contribution in [0.2, 0.25) is 5.02 Å². The summed E-state index contributed by atoms with van der Waals surface area (Å²) in [6, 6.07) is 31.1. The van der Waals surface area contributed by atoms with Crippen LogP contribution in [0.4, 0.5) is 0 Å². The van der Waals surface area contributed by atoms with Gasteiger partial charge in [0.1, 0.15) is 11.8 Å². The van der Waals surface area contributed by atoms with E-state index in [0.29, 0.717) is 55.6 Å². The second kappa shape index (κ2) is 15.9. The van der Waals surface area contributed by atoms with Crippen LogP contribution in [-0.2, 0) is 37.3 Å². The molecule has 5 rings (SSSR count). The van der Waals surface area contributed by atoms with Crippen molar-refractivity contribution in [1.29, 1.82) is 0 Å². The topological polar surface area (TPSA) is 105 Å². The minimum atomic E-state index is -3.67. The normalized spacial score (nSPS) is 14.3. The zero-order chi connectivity index (χ0) is 32.4. The predicted octanol–water partition coefficient (Wildman–Crippen LogP) is 4.87. The first kappa shape index (κ1) is 33.2. The molecule has 1 aliphatic heterocycles. The highest BCUT2D eigenvalue weighted by Gasteiger charge is 2.32. The molecule has 2 amide bonds. The molecule has 11 heteroatoms. The van der Waals surface area contributed by atoms with Crippen LogP contribution < -0.4 is 10.1 Å². The lowest BCUT2D eigenvalue weighted by Gasteiger charge is -2.31.